The molecule has 3 aromatic rings. The zero-order valence-electron chi connectivity index (χ0n) is 16.3. The van der Waals surface area contributed by atoms with Crippen LogP contribution in [0, 0.1) is 5.82 Å². The molecule has 0 saturated carbocycles. The Kier molecular flexibility index (Phi) is 6.14. The molecule has 3 heterocycles. The molecule has 30 heavy (non-hydrogen) atoms. The van der Waals surface area contributed by atoms with Gasteiger partial charge in [-0.25, -0.2) is 4.39 Å². The molecule has 2 amide bonds. The number of hydrogen-bond acceptors (Lipinski definition) is 6. The van der Waals surface area contributed by atoms with Crippen molar-refractivity contribution in [2.75, 3.05) is 22.5 Å². The number of benzene rings is 1. The first-order valence-electron chi connectivity index (χ1n) is 9.56. The summed E-state index contributed by atoms with van der Waals surface area (Å²) in [7, 11) is 0. The van der Waals surface area contributed by atoms with Gasteiger partial charge < -0.3 is 14.8 Å². The van der Waals surface area contributed by atoms with Crippen molar-refractivity contribution >= 4 is 46.3 Å². The molecule has 156 valence electrons. The van der Waals surface area contributed by atoms with Crippen LogP contribution < -0.4 is 10.2 Å². The van der Waals surface area contributed by atoms with Gasteiger partial charge in [0, 0.05) is 25.2 Å². The molecule has 10 heteroatoms. The summed E-state index contributed by atoms with van der Waals surface area (Å²) in [6, 6.07) is 8.32. The highest BCUT2D eigenvalue weighted by atomic mass is 32.2. The van der Waals surface area contributed by atoms with Gasteiger partial charge in [0.05, 0.1) is 16.3 Å². The van der Waals surface area contributed by atoms with Crippen molar-refractivity contribution in [2.45, 2.75) is 31.5 Å². The number of carbonyl (C=O) groups is 2. The van der Waals surface area contributed by atoms with Crippen molar-refractivity contribution in [1.82, 2.24) is 14.8 Å². The molecule has 1 aliphatic heterocycles. The highest BCUT2D eigenvalue weighted by Crippen LogP contribution is 2.28. The summed E-state index contributed by atoms with van der Waals surface area (Å²) in [5.74, 6) is 0.0274. The van der Waals surface area contributed by atoms with Gasteiger partial charge in [-0.05, 0) is 43.0 Å². The molecule has 1 fully saturated rings. The highest BCUT2D eigenvalue weighted by Gasteiger charge is 2.24. The predicted molar refractivity (Wildman–Crippen MR) is 116 cm³/mol. The first-order valence-corrected chi connectivity index (χ1v) is 11.4. The molecule has 0 radical (unpaired) electrons. The van der Waals surface area contributed by atoms with E-state index in [0.29, 0.717) is 30.4 Å². The summed E-state index contributed by atoms with van der Waals surface area (Å²) in [5, 5.41) is 13.8. The Morgan fingerprint density at radius 3 is 2.87 bits per heavy atom. The second-order valence-corrected chi connectivity index (χ2v) is 8.57. The standard InChI is InChI=1S/C20H20FN5O2S2/c1-2-25-19(16-5-4-10-29-16)23-24-20(25)30-12-17(27)22-13-7-8-15(14(21)11-13)26-9-3-6-18(26)28/h4-5,7-8,10-11H,2-3,6,9,12H2,1H3,(H,22,27). The monoisotopic (exact) mass is 445 g/mol. The van der Waals surface area contributed by atoms with E-state index in [1.807, 2.05) is 29.0 Å². The summed E-state index contributed by atoms with van der Waals surface area (Å²) in [6.07, 6.45) is 1.16. The Morgan fingerprint density at radius 2 is 2.20 bits per heavy atom. The van der Waals surface area contributed by atoms with Crippen molar-refractivity contribution in [3.63, 3.8) is 0 Å². The minimum Gasteiger partial charge on any atom is -0.325 e. The Hall–Kier alpha value is -2.72. The number of thioether (sulfide) groups is 1. The molecule has 0 atom stereocenters. The van der Waals surface area contributed by atoms with Gasteiger partial charge in [0.15, 0.2) is 11.0 Å². The van der Waals surface area contributed by atoms with Crippen molar-refractivity contribution in [1.29, 1.82) is 0 Å². The molecule has 7 nitrogen and oxygen atoms in total. The predicted octanol–water partition coefficient (Wildman–Crippen LogP) is 4.02. The number of carbonyl (C=O) groups excluding carboxylic acids is 2. The zero-order valence-corrected chi connectivity index (χ0v) is 17.9. The van der Waals surface area contributed by atoms with Gasteiger partial charge in [-0.3, -0.25) is 9.59 Å². The Morgan fingerprint density at radius 1 is 1.33 bits per heavy atom. The van der Waals surface area contributed by atoms with Crippen molar-refractivity contribution in [3.8, 4) is 10.7 Å². The van der Waals surface area contributed by atoms with Crippen LogP contribution in [0.3, 0.4) is 0 Å². The van der Waals surface area contributed by atoms with Crippen molar-refractivity contribution < 1.29 is 14.0 Å². The lowest BCUT2D eigenvalue weighted by atomic mass is 10.2. The number of thiophene rings is 1. The van der Waals surface area contributed by atoms with E-state index in [2.05, 4.69) is 15.5 Å². The van der Waals surface area contributed by atoms with Gasteiger partial charge in [-0.1, -0.05) is 17.8 Å². The van der Waals surface area contributed by atoms with E-state index < -0.39 is 5.82 Å². The minimum absolute atomic E-state index is 0.0796. The molecule has 1 aromatic carbocycles. The smallest absolute Gasteiger partial charge is 0.234 e. The van der Waals surface area contributed by atoms with Gasteiger partial charge in [-0.2, -0.15) is 0 Å². The second-order valence-electron chi connectivity index (χ2n) is 6.68. The lowest BCUT2D eigenvalue weighted by Gasteiger charge is -2.17. The van der Waals surface area contributed by atoms with Crippen LogP contribution in [0.5, 0.6) is 0 Å². The lowest BCUT2D eigenvalue weighted by molar-refractivity contribution is -0.117. The van der Waals surface area contributed by atoms with E-state index in [1.54, 1.807) is 17.4 Å². The largest absolute Gasteiger partial charge is 0.325 e. The van der Waals surface area contributed by atoms with E-state index in [-0.39, 0.29) is 23.3 Å². The third-order valence-corrected chi connectivity index (χ3v) is 6.54. The molecular formula is C20H20FN5O2S2. The third kappa shape index (κ3) is 4.24. The van der Waals surface area contributed by atoms with Crippen LogP contribution >= 0.6 is 23.1 Å². The summed E-state index contributed by atoms with van der Waals surface area (Å²) < 4.78 is 16.4. The van der Waals surface area contributed by atoms with Crippen molar-refractivity contribution in [2.24, 2.45) is 0 Å². The molecule has 1 N–H and O–H groups in total. The number of nitrogens with zero attached hydrogens (tertiary/aromatic N) is 4. The van der Waals surface area contributed by atoms with E-state index >= 15 is 0 Å². The average Bonchev–Trinajstić information content (AvgIpc) is 3.47. The number of halogens is 1. The maximum atomic E-state index is 14.4. The molecule has 4 rings (SSSR count). The maximum absolute atomic E-state index is 14.4. The van der Waals surface area contributed by atoms with Gasteiger partial charge in [0.25, 0.3) is 0 Å². The highest BCUT2D eigenvalue weighted by molar-refractivity contribution is 7.99. The quantitative estimate of drug-likeness (QED) is 0.556. The SMILES string of the molecule is CCn1c(SCC(=O)Nc2ccc(N3CCCC3=O)c(F)c2)nnc1-c1cccs1. The van der Waals surface area contributed by atoms with Crippen LogP contribution in [-0.2, 0) is 16.1 Å². The number of hydrogen-bond donors (Lipinski definition) is 1. The van der Waals surface area contributed by atoms with Crippen LogP contribution in [0.1, 0.15) is 19.8 Å². The number of aromatic nitrogens is 3. The molecule has 1 aliphatic rings. The van der Waals surface area contributed by atoms with E-state index in [0.717, 1.165) is 17.1 Å². The van der Waals surface area contributed by atoms with E-state index in [1.165, 1.54) is 28.8 Å². The lowest BCUT2D eigenvalue weighted by Crippen LogP contribution is -2.24. The fourth-order valence-corrected chi connectivity index (χ4v) is 4.82. The fraction of sp³-hybridized carbons (Fsp3) is 0.300. The first-order chi connectivity index (χ1) is 14.6. The number of rotatable bonds is 7. The van der Waals surface area contributed by atoms with Gasteiger partial charge in [0.2, 0.25) is 11.8 Å². The molecule has 0 spiro atoms. The molecule has 0 bridgehead atoms. The molecular weight excluding hydrogens is 425 g/mol. The molecule has 0 aliphatic carbocycles. The Labute approximate surface area is 181 Å². The molecule has 0 unspecified atom stereocenters. The van der Waals surface area contributed by atoms with Crippen LogP contribution in [0.2, 0.25) is 0 Å². The normalized spacial score (nSPS) is 13.8. The topological polar surface area (TPSA) is 80.1 Å². The summed E-state index contributed by atoms with van der Waals surface area (Å²) in [5.41, 5.74) is 0.603. The number of amides is 2. The van der Waals surface area contributed by atoms with Crippen molar-refractivity contribution in [3.05, 3.63) is 41.5 Å². The maximum Gasteiger partial charge on any atom is 0.234 e. The summed E-state index contributed by atoms with van der Waals surface area (Å²) >= 11 is 2.87. The van der Waals surface area contributed by atoms with Gasteiger partial charge in [0.1, 0.15) is 5.82 Å². The van der Waals surface area contributed by atoms with Crippen LogP contribution in [0.25, 0.3) is 10.7 Å². The summed E-state index contributed by atoms with van der Waals surface area (Å²) in [4.78, 5) is 26.6. The number of nitrogens with one attached hydrogen (secondary N) is 1. The molecule has 1 saturated heterocycles. The minimum atomic E-state index is -0.526. The summed E-state index contributed by atoms with van der Waals surface area (Å²) in [6.45, 7) is 3.20. The average molecular weight is 446 g/mol. The Bertz CT molecular complexity index is 1070. The number of anilines is 2. The van der Waals surface area contributed by atoms with Gasteiger partial charge in [-0.15, -0.1) is 21.5 Å². The zero-order chi connectivity index (χ0) is 21.1. The molecule has 2 aromatic heterocycles. The van der Waals surface area contributed by atoms with Crippen LogP contribution in [-0.4, -0.2) is 38.9 Å². The first kappa shape index (κ1) is 20.5. The Balaban J connectivity index is 1.39. The van der Waals surface area contributed by atoms with Gasteiger partial charge >= 0.3 is 0 Å². The van der Waals surface area contributed by atoms with E-state index in [9.17, 15) is 14.0 Å². The van der Waals surface area contributed by atoms with Crippen LogP contribution in [0.15, 0.2) is 40.9 Å². The fourth-order valence-electron chi connectivity index (χ4n) is 3.30. The second kappa shape index (κ2) is 8.97. The van der Waals surface area contributed by atoms with E-state index in [4.69, 9.17) is 0 Å². The third-order valence-electron chi connectivity index (χ3n) is 4.70. The van der Waals surface area contributed by atoms with Crippen LogP contribution in [0.4, 0.5) is 15.8 Å².